The van der Waals surface area contributed by atoms with E-state index in [1.807, 2.05) is 17.0 Å². The maximum absolute atomic E-state index is 5.43. The third-order valence-electron chi connectivity index (χ3n) is 1.46. The minimum atomic E-state index is 0.587. The van der Waals surface area contributed by atoms with Gasteiger partial charge in [0.05, 0.1) is 0 Å². The Morgan fingerprint density at radius 1 is 1.73 bits per heavy atom. The van der Waals surface area contributed by atoms with Crippen molar-refractivity contribution in [2.75, 3.05) is 5.73 Å². The number of unbranched alkanes of at least 4 members (excludes halogenated alkanes) is 1. The molecule has 1 aromatic rings. The number of nitrogens with two attached hydrogens (primary N) is 1. The summed E-state index contributed by atoms with van der Waals surface area (Å²) >= 11 is 0. The van der Waals surface area contributed by atoms with Gasteiger partial charge in [-0.2, -0.15) is 5.10 Å². The first-order valence-electron chi connectivity index (χ1n) is 3.73. The number of nitrogens with zero attached hydrogens (tertiary/aromatic N) is 2. The summed E-state index contributed by atoms with van der Waals surface area (Å²) in [6.45, 7) is 4.56. The molecule has 0 amide bonds. The van der Waals surface area contributed by atoms with E-state index in [1.54, 1.807) is 6.07 Å². The molecule has 0 aliphatic heterocycles. The van der Waals surface area contributed by atoms with E-state index in [0.29, 0.717) is 5.82 Å². The van der Waals surface area contributed by atoms with Gasteiger partial charge in [0.1, 0.15) is 5.82 Å². The first-order chi connectivity index (χ1) is 5.33. The SMILES string of the molecule is C=CCCCn1ccc(N)n1. The van der Waals surface area contributed by atoms with Crippen LogP contribution in [0.2, 0.25) is 0 Å². The number of rotatable bonds is 4. The van der Waals surface area contributed by atoms with Gasteiger partial charge in [-0.15, -0.1) is 6.58 Å². The van der Waals surface area contributed by atoms with Crippen LogP contribution in [0.5, 0.6) is 0 Å². The summed E-state index contributed by atoms with van der Waals surface area (Å²) < 4.78 is 1.85. The number of hydrogen-bond donors (Lipinski definition) is 1. The summed E-state index contributed by atoms with van der Waals surface area (Å²) in [4.78, 5) is 0. The molecule has 1 aromatic heterocycles. The third kappa shape index (κ3) is 2.45. The first kappa shape index (κ1) is 7.85. The fourth-order valence-electron chi connectivity index (χ4n) is 0.900. The van der Waals surface area contributed by atoms with Crippen molar-refractivity contribution in [3.05, 3.63) is 24.9 Å². The lowest BCUT2D eigenvalue weighted by Crippen LogP contribution is -1.98. The van der Waals surface area contributed by atoms with E-state index in [9.17, 15) is 0 Å². The topological polar surface area (TPSA) is 43.8 Å². The predicted octanol–water partition coefficient (Wildman–Crippen LogP) is 1.43. The molecule has 0 saturated heterocycles. The maximum atomic E-state index is 5.43. The summed E-state index contributed by atoms with van der Waals surface area (Å²) in [5.74, 6) is 0.587. The van der Waals surface area contributed by atoms with Crippen molar-refractivity contribution >= 4 is 5.82 Å². The van der Waals surface area contributed by atoms with E-state index in [-0.39, 0.29) is 0 Å². The number of allylic oxidation sites excluding steroid dienone is 1. The van der Waals surface area contributed by atoms with Gasteiger partial charge in [0.2, 0.25) is 0 Å². The molecule has 1 heterocycles. The fraction of sp³-hybridized carbons (Fsp3) is 0.375. The number of anilines is 1. The molecule has 0 aliphatic rings. The molecule has 0 atom stereocenters. The molecule has 0 fully saturated rings. The number of aryl methyl sites for hydroxylation is 1. The van der Waals surface area contributed by atoms with Crippen molar-refractivity contribution < 1.29 is 0 Å². The largest absolute Gasteiger partial charge is 0.382 e. The van der Waals surface area contributed by atoms with Crippen molar-refractivity contribution in [2.45, 2.75) is 19.4 Å². The molecule has 3 heteroatoms. The molecule has 11 heavy (non-hydrogen) atoms. The molecule has 0 unspecified atom stereocenters. The van der Waals surface area contributed by atoms with Gasteiger partial charge in [-0.3, -0.25) is 4.68 Å². The number of nitrogen functional groups attached to an aromatic ring is 1. The smallest absolute Gasteiger partial charge is 0.145 e. The Balaban J connectivity index is 2.32. The normalized spacial score (nSPS) is 9.82. The monoisotopic (exact) mass is 151 g/mol. The molecule has 60 valence electrons. The van der Waals surface area contributed by atoms with Crippen LogP contribution in [-0.4, -0.2) is 9.78 Å². The zero-order valence-corrected chi connectivity index (χ0v) is 6.53. The predicted molar refractivity (Wildman–Crippen MR) is 46.1 cm³/mol. The van der Waals surface area contributed by atoms with Crippen molar-refractivity contribution in [2.24, 2.45) is 0 Å². The highest BCUT2D eigenvalue weighted by molar-refractivity contribution is 5.23. The second-order valence-electron chi connectivity index (χ2n) is 2.43. The molecule has 2 N–H and O–H groups in total. The Hall–Kier alpha value is -1.25. The Bertz CT molecular complexity index is 227. The highest BCUT2D eigenvalue weighted by Crippen LogP contribution is 1.98. The standard InChI is InChI=1S/C8H13N3/c1-2-3-4-6-11-7-5-8(9)10-11/h2,5,7H,1,3-4,6H2,(H2,9,10). The highest BCUT2D eigenvalue weighted by atomic mass is 15.3. The van der Waals surface area contributed by atoms with Gasteiger partial charge in [0.25, 0.3) is 0 Å². The lowest BCUT2D eigenvalue weighted by molar-refractivity contribution is 0.586. The van der Waals surface area contributed by atoms with Crippen LogP contribution >= 0.6 is 0 Å². The summed E-state index contributed by atoms with van der Waals surface area (Å²) in [6, 6.07) is 1.80. The van der Waals surface area contributed by atoms with E-state index >= 15 is 0 Å². The van der Waals surface area contributed by atoms with Crippen LogP contribution in [0.4, 0.5) is 5.82 Å². The average molecular weight is 151 g/mol. The molecule has 0 bridgehead atoms. The van der Waals surface area contributed by atoms with Gasteiger partial charge in [-0.25, -0.2) is 0 Å². The second kappa shape index (κ2) is 3.81. The van der Waals surface area contributed by atoms with Gasteiger partial charge in [0.15, 0.2) is 0 Å². The second-order valence-corrected chi connectivity index (χ2v) is 2.43. The minimum absolute atomic E-state index is 0.587. The van der Waals surface area contributed by atoms with Crippen LogP contribution in [0.25, 0.3) is 0 Å². The molecular formula is C8H13N3. The van der Waals surface area contributed by atoms with Gasteiger partial charge in [0, 0.05) is 12.7 Å². The Morgan fingerprint density at radius 3 is 3.09 bits per heavy atom. The zero-order chi connectivity index (χ0) is 8.10. The Kier molecular flexibility index (Phi) is 2.72. The lowest BCUT2D eigenvalue weighted by atomic mass is 10.3. The molecular weight excluding hydrogens is 138 g/mol. The van der Waals surface area contributed by atoms with E-state index in [4.69, 9.17) is 5.73 Å². The molecule has 0 aliphatic carbocycles. The van der Waals surface area contributed by atoms with Gasteiger partial charge in [-0.05, 0) is 18.9 Å². The van der Waals surface area contributed by atoms with E-state index < -0.39 is 0 Å². The lowest BCUT2D eigenvalue weighted by Gasteiger charge is -1.96. The fourth-order valence-corrected chi connectivity index (χ4v) is 0.900. The molecule has 0 saturated carbocycles. The molecule has 3 nitrogen and oxygen atoms in total. The highest BCUT2D eigenvalue weighted by Gasteiger charge is 1.91. The number of aromatic nitrogens is 2. The van der Waals surface area contributed by atoms with E-state index in [0.717, 1.165) is 19.4 Å². The quantitative estimate of drug-likeness (QED) is 0.522. The van der Waals surface area contributed by atoms with E-state index in [1.165, 1.54) is 0 Å². The van der Waals surface area contributed by atoms with Gasteiger partial charge < -0.3 is 5.73 Å². The molecule has 0 radical (unpaired) electrons. The third-order valence-corrected chi connectivity index (χ3v) is 1.46. The van der Waals surface area contributed by atoms with Crippen LogP contribution in [0.3, 0.4) is 0 Å². The summed E-state index contributed by atoms with van der Waals surface area (Å²) in [7, 11) is 0. The van der Waals surface area contributed by atoms with Crippen LogP contribution in [-0.2, 0) is 6.54 Å². The summed E-state index contributed by atoms with van der Waals surface area (Å²) in [5, 5.41) is 4.04. The van der Waals surface area contributed by atoms with Crippen molar-refractivity contribution in [3.63, 3.8) is 0 Å². The van der Waals surface area contributed by atoms with Gasteiger partial charge in [-0.1, -0.05) is 6.08 Å². The van der Waals surface area contributed by atoms with Crippen LogP contribution in [0.15, 0.2) is 24.9 Å². The summed E-state index contributed by atoms with van der Waals surface area (Å²) in [6.07, 6.45) is 5.90. The molecule has 1 rings (SSSR count). The summed E-state index contributed by atoms with van der Waals surface area (Å²) in [5.41, 5.74) is 5.43. The van der Waals surface area contributed by atoms with E-state index in [2.05, 4.69) is 11.7 Å². The Morgan fingerprint density at radius 2 is 2.55 bits per heavy atom. The van der Waals surface area contributed by atoms with Crippen molar-refractivity contribution in [1.29, 1.82) is 0 Å². The first-order valence-corrected chi connectivity index (χ1v) is 3.73. The average Bonchev–Trinajstić information content (AvgIpc) is 2.37. The number of hydrogen-bond acceptors (Lipinski definition) is 2. The van der Waals surface area contributed by atoms with Crippen molar-refractivity contribution in [1.82, 2.24) is 9.78 Å². The zero-order valence-electron chi connectivity index (χ0n) is 6.53. The Labute approximate surface area is 66.5 Å². The van der Waals surface area contributed by atoms with Gasteiger partial charge >= 0.3 is 0 Å². The van der Waals surface area contributed by atoms with Crippen LogP contribution in [0, 0.1) is 0 Å². The maximum Gasteiger partial charge on any atom is 0.145 e. The van der Waals surface area contributed by atoms with Crippen LogP contribution < -0.4 is 5.73 Å². The minimum Gasteiger partial charge on any atom is -0.382 e. The molecule has 0 spiro atoms. The van der Waals surface area contributed by atoms with Crippen LogP contribution in [0.1, 0.15) is 12.8 Å². The molecule has 0 aromatic carbocycles. The van der Waals surface area contributed by atoms with Crippen molar-refractivity contribution in [3.8, 4) is 0 Å².